The highest BCUT2D eigenvalue weighted by molar-refractivity contribution is 14.0. The van der Waals surface area contributed by atoms with Gasteiger partial charge < -0.3 is 10.6 Å². The molecule has 0 aliphatic heterocycles. The summed E-state index contributed by atoms with van der Waals surface area (Å²) in [6.45, 7) is 9.76. The molecule has 0 amide bonds. The van der Waals surface area contributed by atoms with Crippen molar-refractivity contribution in [3.63, 3.8) is 0 Å². The summed E-state index contributed by atoms with van der Waals surface area (Å²) in [5.41, 5.74) is 2.49. The van der Waals surface area contributed by atoms with Crippen LogP contribution in [0.5, 0.6) is 0 Å². The average molecular weight is 496 g/mol. The first-order chi connectivity index (χ1) is 13.3. The first kappa shape index (κ1) is 22.7. The van der Waals surface area contributed by atoms with Crippen molar-refractivity contribution in [2.45, 2.75) is 45.8 Å². The van der Waals surface area contributed by atoms with E-state index in [0.717, 1.165) is 44.7 Å². The second kappa shape index (κ2) is 12.1. The molecule has 0 radical (unpaired) electrons. The Hall–Kier alpha value is -1.61. The van der Waals surface area contributed by atoms with Gasteiger partial charge in [0.2, 0.25) is 0 Å². The van der Waals surface area contributed by atoms with Gasteiger partial charge in [0.05, 0.1) is 13.1 Å². The highest BCUT2D eigenvalue weighted by Crippen LogP contribution is 2.25. The SMILES string of the molecule is CCNC(=NCc1ccccc1Cn1cccn1)NCCN(CC)C1CC1.I. The van der Waals surface area contributed by atoms with Crippen LogP contribution in [-0.4, -0.2) is 52.9 Å². The molecule has 0 spiro atoms. The second-order valence-corrected chi connectivity index (χ2v) is 6.95. The topological polar surface area (TPSA) is 57.5 Å². The Morgan fingerprint density at radius 1 is 1.18 bits per heavy atom. The highest BCUT2D eigenvalue weighted by Gasteiger charge is 2.27. The molecule has 2 N–H and O–H groups in total. The maximum atomic E-state index is 4.80. The molecule has 3 rings (SSSR count). The Morgan fingerprint density at radius 2 is 1.96 bits per heavy atom. The lowest BCUT2D eigenvalue weighted by Gasteiger charge is -2.20. The molecular formula is C21H33IN6. The molecule has 154 valence electrons. The minimum absolute atomic E-state index is 0. The number of benzene rings is 1. The van der Waals surface area contributed by atoms with Gasteiger partial charge in [-0.15, -0.1) is 24.0 Å². The number of halogens is 1. The van der Waals surface area contributed by atoms with E-state index in [0.29, 0.717) is 6.54 Å². The zero-order valence-corrected chi connectivity index (χ0v) is 19.3. The van der Waals surface area contributed by atoms with Crippen LogP contribution in [-0.2, 0) is 13.1 Å². The van der Waals surface area contributed by atoms with Crippen LogP contribution in [0.1, 0.15) is 37.8 Å². The lowest BCUT2D eigenvalue weighted by atomic mass is 10.1. The largest absolute Gasteiger partial charge is 0.357 e. The smallest absolute Gasteiger partial charge is 0.191 e. The molecule has 0 unspecified atom stereocenters. The molecule has 1 saturated carbocycles. The quantitative estimate of drug-likeness (QED) is 0.302. The van der Waals surface area contributed by atoms with Gasteiger partial charge >= 0.3 is 0 Å². The Bertz CT molecular complexity index is 711. The second-order valence-electron chi connectivity index (χ2n) is 6.95. The van der Waals surface area contributed by atoms with Crippen LogP contribution in [0.2, 0.25) is 0 Å². The maximum absolute atomic E-state index is 4.80. The summed E-state index contributed by atoms with van der Waals surface area (Å²) < 4.78 is 1.95. The molecule has 1 aromatic heterocycles. The molecule has 28 heavy (non-hydrogen) atoms. The molecular weight excluding hydrogens is 463 g/mol. The fourth-order valence-electron chi connectivity index (χ4n) is 3.30. The lowest BCUT2D eigenvalue weighted by molar-refractivity contribution is 0.282. The average Bonchev–Trinajstić information content (AvgIpc) is 3.40. The molecule has 1 heterocycles. The molecule has 6 nitrogen and oxygen atoms in total. The number of rotatable bonds is 10. The summed E-state index contributed by atoms with van der Waals surface area (Å²) in [6, 6.07) is 11.2. The molecule has 1 aliphatic rings. The number of aliphatic imine (C=N–C) groups is 1. The standard InChI is InChI=1S/C21H32N6.HI/c1-3-22-21(23-13-15-26(4-2)20-10-11-20)24-16-18-8-5-6-9-19(18)17-27-14-7-12-25-27;/h5-9,12,14,20H,3-4,10-11,13,15-17H2,1-2H3,(H2,22,23,24);1H. The van der Waals surface area contributed by atoms with Crippen molar-refractivity contribution in [3.05, 3.63) is 53.9 Å². The number of nitrogens with zero attached hydrogens (tertiary/aromatic N) is 4. The first-order valence-corrected chi connectivity index (χ1v) is 10.1. The van der Waals surface area contributed by atoms with Crippen LogP contribution >= 0.6 is 24.0 Å². The minimum Gasteiger partial charge on any atom is -0.357 e. The Balaban J connectivity index is 0.00000280. The van der Waals surface area contributed by atoms with Crippen molar-refractivity contribution >= 4 is 29.9 Å². The van der Waals surface area contributed by atoms with Gasteiger partial charge in [-0.25, -0.2) is 4.99 Å². The van der Waals surface area contributed by atoms with Crippen LogP contribution in [0.3, 0.4) is 0 Å². The molecule has 2 aromatic rings. The van der Waals surface area contributed by atoms with Gasteiger partial charge in [-0.3, -0.25) is 9.58 Å². The normalized spacial score (nSPS) is 14.0. The summed E-state index contributed by atoms with van der Waals surface area (Å²) in [7, 11) is 0. The van der Waals surface area contributed by atoms with Gasteiger partial charge in [-0.05, 0) is 43.5 Å². The van der Waals surface area contributed by atoms with Gasteiger partial charge in [-0.2, -0.15) is 5.10 Å². The third kappa shape index (κ3) is 7.09. The monoisotopic (exact) mass is 496 g/mol. The van der Waals surface area contributed by atoms with Crippen molar-refractivity contribution in [3.8, 4) is 0 Å². The molecule has 1 aliphatic carbocycles. The zero-order valence-electron chi connectivity index (χ0n) is 17.0. The van der Waals surface area contributed by atoms with E-state index in [4.69, 9.17) is 4.99 Å². The molecule has 7 heteroatoms. The number of aromatic nitrogens is 2. The van der Waals surface area contributed by atoms with E-state index in [1.807, 2.05) is 23.1 Å². The number of guanidine groups is 1. The van der Waals surface area contributed by atoms with Crippen LogP contribution in [0.4, 0.5) is 0 Å². The lowest BCUT2D eigenvalue weighted by Crippen LogP contribution is -2.42. The highest BCUT2D eigenvalue weighted by atomic mass is 127. The fourth-order valence-corrected chi connectivity index (χ4v) is 3.30. The van der Waals surface area contributed by atoms with Crippen molar-refractivity contribution in [2.24, 2.45) is 4.99 Å². The summed E-state index contributed by atoms with van der Waals surface area (Å²) in [5.74, 6) is 0.887. The number of hydrogen-bond acceptors (Lipinski definition) is 3. The van der Waals surface area contributed by atoms with E-state index in [9.17, 15) is 0 Å². The van der Waals surface area contributed by atoms with Gasteiger partial charge in [-0.1, -0.05) is 31.2 Å². The van der Waals surface area contributed by atoms with E-state index < -0.39 is 0 Å². The number of hydrogen-bond donors (Lipinski definition) is 2. The Morgan fingerprint density at radius 3 is 2.61 bits per heavy atom. The summed E-state index contributed by atoms with van der Waals surface area (Å²) >= 11 is 0. The van der Waals surface area contributed by atoms with Crippen molar-refractivity contribution in [2.75, 3.05) is 26.2 Å². The van der Waals surface area contributed by atoms with E-state index in [-0.39, 0.29) is 24.0 Å². The Kier molecular flexibility index (Phi) is 9.77. The summed E-state index contributed by atoms with van der Waals surface area (Å²) in [5, 5.41) is 11.2. The molecule has 0 bridgehead atoms. The summed E-state index contributed by atoms with van der Waals surface area (Å²) in [4.78, 5) is 7.35. The predicted molar refractivity (Wildman–Crippen MR) is 126 cm³/mol. The first-order valence-electron chi connectivity index (χ1n) is 10.1. The minimum atomic E-state index is 0. The van der Waals surface area contributed by atoms with Gasteiger partial charge in [0.15, 0.2) is 5.96 Å². The molecule has 1 fully saturated rings. The van der Waals surface area contributed by atoms with E-state index >= 15 is 0 Å². The zero-order chi connectivity index (χ0) is 18.9. The van der Waals surface area contributed by atoms with Crippen molar-refractivity contribution in [1.82, 2.24) is 25.3 Å². The van der Waals surface area contributed by atoms with Crippen molar-refractivity contribution in [1.29, 1.82) is 0 Å². The van der Waals surface area contributed by atoms with E-state index in [1.165, 1.54) is 24.0 Å². The van der Waals surface area contributed by atoms with E-state index in [2.05, 4.69) is 58.7 Å². The molecule has 0 atom stereocenters. The van der Waals surface area contributed by atoms with Crippen LogP contribution in [0, 0.1) is 0 Å². The summed E-state index contributed by atoms with van der Waals surface area (Å²) in [6.07, 6.45) is 6.52. The predicted octanol–water partition coefficient (Wildman–Crippen LogP) is 3.09. The fraction of sp³-hybridized carbons (Fsp3) is 0.524. The van der Waals surface area contributed by atoms with Gasteiger partial charge in [0.1, 0.15) is 0 Å². The molecule has 1 aromatic carbocycles. The third-order valence-corrected chi connectivity index (χ3v) is 4.92. The maximum Gasteiger partial charge on any atom is 0.191 e. The van der Waals surface area contributed by atoms with Gasteiger partial charge in [0.25, 0.3) is 0 Å². The van der Waals surface area contributed by atoms with Crippen LogP contribution in [0.15, 0.2) is 47.7 Å². The Labute approximate surface area is 185 Å². The molecule has 0 saturated heterocycles. The van der Waals surface area contributed by atoms with E-state index in [1.54, 1.807) is 0 Å². The number of likely N-dealkylation sites (N-methyl/N-ethyl adjacent to an activating group) is 1. The third-order valence-electron chi connectivity index (χ3n) is 4.92. The van der Waals surface area contributed by atoms with Crippen molar-refractivity contribution < 1.29 is 0 Å². The number of nitrogens with one attached hydrogen (secondary N) is 2. The van der Waals surface area contributed by atoms with Crippen LogP contribution in [0.25, 0.3) is 0 Å². The van der Waals surface area contributed by atoms with Crippen LogP contribution < -0.4 is 10.6 Å². The van der Waals surface area contributed by atoms with Gasteiger partial charge in [0, 0.05) is 38.1 Å².